The number of nitrogen functional groups attached to an aromatic ring is 1. The zero-order valence-corrected chi connectivity index (χ0v) is 39.3. The molecule has 0 spiro atoms. The molecule has 2 saturated heterocycles. The van der Waals surface area contributed by atoms with Gasteiger partial charge in [-0.1, -0.05) is 0 Å². The SMILES string of the molecule is CN(CCC(=O)Nc1ccc(N2CCN(c3ccncc3)CC2)cc1)C(=O)OC(C)(C)C.CN(CCC(=O)O)C(=O)OC(C)(C)C.Nc1ccc(N2CCN(c3ccncc3)CC2)cc1. The van der Waals surface area contributed by atoms with Crippen LogP contribution in [0.3, 0.4) is 0 Å². The molecule has 0 unspecified atom stereocenters. The Bertz CT molecular complexity index is 2060. The van der Waals surface area contributed by atoms with Crippen LogP contribution in [0.1, 0.15) is 54.4 Å². The van der Waals surface area contributed by atoms with Crippen molar-refractivity contribution in [3.63, 3.8) is 0 Å². The average Bonchev–Trinajstić information content (AvgIpc) is 3.28. The lowest BCUT2D eigenvalue weighted by molar-refractivity contribution is -0.137. The molecule has 2 aliphatic rings. The van der Waals surface area contributed by atoms with E-state index in [0.717, 1.165) is 69.4 Å². The number of nitrogens with two attached hydrogens (primary N) is 1. The number of carboxylic acids is 1. The van der Waals surface area contributed by atoms with E-state index in [-0.39, 0.29) is 25.3 Å². The minimum atomic E-state index is -0.930. The van der Waals surface area contributed by atoms with Gasteiger partial charge in [0.25, 0.3) is 0 Å². The van der Waals surface area contributed by atoms with Crippen LogP contribution in [0.15, 0.2) is 97.6 Å². The van der Waals surface area contributed by atoms with Crippen LogP contribution in [-0.4, -0.2) is 140 Å². The summed E-state index contributed by atoms with van der Waals surface area (Å²) in [5.41, 5.74) is 11.0. The third-order valence-corrected chi connectivity index (χ3v) is 10.1. The minimum Gasteiger partial charge on any atom is -0.481 e. The number of hydrogen-bond donors (Lipinski definition) is 3. The quantitative estimate of drug-likeness (QED) is 0.132. The van der Waals surface area contributed by atoms with Gasteiger partial charge in [-0.3, -0.25) is 19.6 Å². The molecule has 4 N–H and O–H groups in total. The molecule has 0 saturated carbocycles. The first-order chi connectivity index (χ1) is 30.8. The van der Waals surface area contributed by atoms with Crippen LogP contribution in [0.4, 0.5) is 43.7 Å². The Morgan fingerprint density at radius 2 is 0.892 bits per heavy atom. The van der Waals surface area contributed by atoms with E-state index in [1.165, 1.54) is 33.9 Å². The standard InChI is InChI=1S/C24H33N5O3.C15H18N4.C9H17NO4/c1-24(2,3)32-23(31)27(4)14-11-22(30)26-19-5-7-20(8-6-19)28-15-17-29(18-16-28)21-9-12-25-13-10-21;16-13-1-3-14(4-2-13)18-9-11-19(12-10-18)15-5-7-17-8-6-15;1-9(2,3)14-8(13)10(4)6-5-7(11)12/h5-10,12-13H,11,14-18H2,1-4H3,(H,26,30);1-8H,9-12,16H2;5-6H2,1-4H3,(H,11,12). The van der Waals surface area contributed by atoms with Gasteiger partial charge in [0.2, 0.25) is 5.91 Å². The maximum Gasteiger partial charge on any atom is 0.410 e. The van der Waals surface area contributed by atoms with Crippen LogP contribution in [0.2, 0.25) is 0 Å². The van der Waals surface area contributed by atoms with Crippen molar-refractivity contribution in [2.24, 2.45) is 0 Å². The molecule has 2 fully saturated rings. The number of hydrogen-bond acceptors (Lipinski definition) is 13. The number of anilines is 6. The molecule has 0 bridgehead atoms. The van der Waals surface area contributed by atoms with Crippen molar-refractivity contribution in [3.05, 3.63) is 97.6 Å². The number of carboxylic acid groups (broad SMARTS) is 1. The highest BCUT2D eigenvalue weighted by molar-refractivity contribution is 5.91. The maximum atomic E-state index is 12.3. The number of nitrogens with zero attached hydrogens (tertiary/aromatic N) is 8. The molecular weight excluding hydrogens is 829 g/mol. The van der Waals surface area contributed by atoms with E-state index in [4.69, 9.17) is 20.3 Å². The van der Waals surface area contributed by atoms with Crippen LogP contribution in [0.25, 0.3) is 0 Å². The largest absolute Gasteiger partial charge is 0.481 e. The zero-order chi connectivity index (χ0) is 47.6. The van der Waals surface area contributed by atoms with E-state index in [0.29, 0.717) is 6.54 Å². The lowest BCUT2D eigenvalue weighted by atomic mass is 10.2. The van der Waals surface area contributed by atoms with Crippen molar-refractivity contribution in [1.82, 2.24) is 19.8 Å². The molecular formula is C48H68N10O7. The van der Waals surface area contributed by atoms with E-state index >= 15 is 0 Å². The number of nitrogens with one attached hydrogen (secondary N) is 1. The summed E-state index contributed by atoms with van der Waals surface area (Å²) in [6.45, 7) is 19.1. The van der Waals surface area contributed by atoms with Gasteiger partial charge >= 0.3 is 18.2 Å². The summed E-state index contributed by atoms with van der Waals surface area (Å²) in [6.07, 6.45) is 6.54. The molecule has 17 heteroatoms. The fraction of sp³-hybridized carbons (Fsp3) is 0.458. The third kappa shape index (κ3) is 18.5. The summed E-state index contributed by atoms with van der Waals surface area (Å²) < 4.78 is 10.3. The van der Waals surface area contributed by atoms with Crippen LogP contribution in [-0.2, 0) is 19.1 Å². The summed E-state index contributed by atoms with van der Waals surface area (Å²) >= 11 is 0. The lowest BCUT2D eigenvalue weighted by Crippen LogP contribution is -2.46. The Morgan fingerprint density at radius 3 is 1.23 bits per heavy atom. The molecule has 0 atom stereocenters. The van der Waals surface area contributed by atoms with Gasteiger partial charge in [-0.05, 0) is 114 Å². The molecule has 4 heterocycles. The summed E-state index contributed by atoms with van der Waals surface area (Å²) in [4.78, 5) is 66.1. The highest BCUT2D eigenvalue weighted by Crippen LogP contribution is 2.23. The number of aromatic nitrogens is 2. The van der Waals surface area contributed by atoms with E-state index in [1.807, 2.05) is 94.1 Å². The Labute approximate surface area is 384 Å². The first-order valence-corrected chi connectivity index (χ1v) is 21.9. The van der Waals surface area contributed by atoms with Crippen LogP contribution in [0.5, 0.6) is 0 Å². The van der Waals surface area contributed by atoms with Crippen molar-refractivity contribution in [2.45, 2.75) is 65.6 Å². The van der Waals surface area contributed by atoms with Gasteiger partial charge in [0.15, 0.2) is 0 Å². The van der Waals surface area contributed by atoms with Crippen molar-refractivity contribution in [3.8, 4) is 0 Å². The molecule has 3 amide bonds. The first-order valence-electron chi connectivity index (χ1n) is 21.9. The second kappa shape index (κ2) is 24.3. The fourth-order valence-corrected chi connectivity index (χ4v) is 6.61. The number of pyridine rings is 2. The molecule has 2 aromatic heterocycles. The predicted octanol–water partition coefficient (Wildman–Crippen LogP) is 6.92. The molecule has 17 nitrogen and oxygen atoms in total. The molecule has 2 aliphatic heterocycles. The van der Waals surface area contributed by atoms with Gasteiger partial charge in [0, 0.05) is 145 Å². The van der Waals surface area contributed by atoms with Crippen LogP contribution >= 0.6 is 0 Å². The molecule has 6 rings (SSSR count). The van der Waals surface area contributed by atoms with Gasteiger partial charge < -0.3 is 55.0 Å². The fourth-order valence-electron chi connectivity index (χ4n) is 6.61. The van der Waals surface area contributed by atoms with Gasteiger partial charge in [0.1, 0.15) is 11.2 Å². The van der Waals surface area contributed by atoms with E-state index < -0.39 is 29.4 Å². The Morgan fingerprint density at radius 1 is 0.569 bits per heavy atom. The number of ether oxygens (including phenoxy) is 2. The van der Waals surface area contributed by atoms with E-state index in [9.17, 15) is 19.2 Å². The summed E-state index contributed by atoms with van der Waals surface area (Å²) in [5.74, 6) is -1.07. The first kappa shape index (κ1) is 50.9. The van der Waals surface area contributed by atoms with E-state index in [2.05, 4.69) is 59.1 Å². The molecule has 65 heavy (non-hydrogen) atoms. The number of aliphatic carboxylic acids is 1. The molecule has 0 radical (unpaired) electrons. The molecule has 352 valence electrons. The topological polar surface area (TPSA) is 190 Å². The molecule has 2 aromatic carbocycles. The number of carbonyl (C=O) groups is 4. The zero-order valence-electron chi connectivity index (χ0n) is 39.3. The summed E-state index contributed by atoms with van der Waals surface area (Å²) in [7, 11) is 3.14. The summed E-state index contributed by atoms with van der Waals surface area (Å²) in [6, 6.07) is 24.2. The number of carbonyl (C=O) groups excluding carboxylic acids is 3. The van der Waals surface area contributed by atoms with Crippen LogP contribution in [0, 0.1) is 0 Å². The molecule has 0 aliphatic carbocycles. The number of rotatable bonds is 11. The number of amides is 3. The van der Waals surface area contributed by atoms with Crippen molar-refractivity contribution >= 4 is 58.2 Å². The van der Waals surface area contributed by atoms with Crippen molar-refractivity contribution in [2.75, 3.05) is 110 Å². The monoisotopic (exact) mass is 897 g/mol. The Balaban J connectivity index is 0.000000237. The second-order valence-electron chi connectivity index (χ2n) is 17.7. The number of piperazine rings is 2. The number of benzene rings is 2. The van der Waals surface area contributed by atoms with E-state index in [1.54, 1.807) is 27.8 Å². The maximum absolute atomic E-state index is 12.3. The second-order valence-corrected chi connectivity index (χ2v) is 17.7. The third-order valence-electron chi connectivity index (χ3n) is 10.1. The van der Waals surface area contributed by atoms with Gasteiger partial charge in [0.05, 0.1) is 6.42 Å². The lowest BCUT2D eigenvalue weighted by Gasteiger charge is -2.37. The smallest absolute Gasteiger partial charge is 0.410 e. The van der Waals surface area contributed by atoms with Crippen molar-refractivity contribution in [1.29, 1.82) is 0 Å². The van der Waals surface area contributed by atoms with Gasteiger partial charge in [-0.15, -0.1) is 0 Å². The van der Waals surface area contributed by atoms with Crippen molar-refractivity contribution < 1.29 is 33.8 Å². The minimum absolute atomic E-state index is 0.0737. The molecule has 4 aromatic rings. The highest BCUT2D eigenvalue weighted by Gasteiger charge is 2.22. The van der Waals surface area contributed by atoms with Gasteiger partial charge in [-0.25, -0.2) is 9.59 Å². The normalized spacial score (nSPS) is 13.8. The Hall–Kier alpha value is -6.78. The average molecular weight is 897 g/mol. The highest BCUT2D eigenvalue weighted by atomic mass is 16.6. The van der Waals surface area contributed by atoms with Crippen LogP contribution < -0.4 is 30.7 Å². The van der Waals surface area contributed by atoms with Gasteiger partial charge in [-0.2, -0.15) is 0 Å². The summed E-state index contributed by atoms with van der Waals surface area (Å²) in [5, 5.41) is 11.3. The Kier molecular flexibility index (Phi) is 19.0. The predicted molar refractivity (Wildman–Crippen MR) is 258 cm³/mol.